The minimum absolute atomic E-state index is 0.0197. The van der Waals surface area contributed by atoms with Crippen LogP contribution in [-0.4, -0.2) is 48.0 Å². The highest BCUT2D eigenvalue weighted by Crippen LogP contribution is 2.53. The number of benzene rings is 1. The molecule has 34 heavy (non-hydrogen) atoms. The molecule has 0 unspecified atom stereocenters. The molecule has 6 nitrogen and oxygen atoms in total. The van der Waals surface area contributed by atoms with Crippen LogP contribution >= 0.6 is 0 Å². The van der Waals surface area contributed by atoms with Crippen molar-refractivity contribution in [3.8, 4) is 5.75 Å². The van der Waals surface area contributed by atoms with E-state index in [1.54, 1.807) is 0 Å². The Bertz CT molecular complexity index is 1020. The zero-order chi connectivity index (χ0) is 23.7. The lowest BCUT2D eigenvalue weighted by molar-refractivity contribution is -0.119. The second-order valence-corrected chi connectivity index (χ2v) is 10.5. The van der Waals surface area contributed by atoms with Crippen LogP contribution in [-0.2, 0) is 4.79 Å². The molecule has 3 heterocycles. The van der Waals surface area contributed by atoms with E-state index in [1.165, 1.54) is 25.5 Å². The first-order valence-corrected chi connectivity index (χ1v) is 12.8. The van der Waals surface area contributed by atoms with Gasteiger partial charge in [0.05, 0.1) is 12.7 Å². The van der Waals surface area contributed by atoms with Crippen molar-refractivity contribution < 1.29 is 13.9 Å². The van der Waals surface area contributed by atoms with Crippen LogP contribution < -0.4 is 14.5 Å². The summed E-state index contributed by atoms with van der Waals surface area (Å²) in [5.41, 5.74) is 1.62. The number of Topliss-reactive ketones (excluding diaryl/α,β-unsaturated/α-hetero) is 1. The number of hydrogen-bond acceptors (Lipinski definition) is 6. The fourth-order valence-corrected chi connectivity index (χ4v) is 5.34. The largest absolute Gasteiger partial charge is 0.489 e. The number of ketones is 1. The van der Waals surface area contributed by atoms with Crippen LogP contribution in [0.1, 0.15) is 70.3 Å². The second-order valence-electron chi connectivity index (χ2n) is 10.5. The Morgan fingerprint density at radius 3 is 2.71 bits per heavy atom. The summed E-state index contributed by atoms with van der Waals surface area (Å²) in [6.45, 7) is 7.38. The number of aromatic nitrogens is 2. The molecule has 1 saturated carbocycles. The standard InChI is InChI=1S/C27H35FN4O2/c1-3-4-21(33)15-19(2)20-5-7-22(8-6-20)34-23-9-13-31(17-23)25-24(28)16-29-26(30-25)32-14-12-27(18-32)10-11-27/h5-8,16,19,23H,3-4,9-15,17-18H2,1-2H3/t19-,23-/m1/s1. The third-order valence-corrected chi connectivity index (χ3v) is 7.65. The lowest BCUT2D eigenvalue weighted by Gasteiger charge is -2.22. The summed E-state index contributed by atoms with van der Waals surface area (Å²) in [6.07, 6.45) is 8.01. The van der Waals surface area contributed by atoms with Crippen molar-refractivity contribution in [1.29, 1.82) is 0 Å². The van der Waals surface area contributed by atoms with E-state index in [1.807, 2.05) is 36.1 Å². The molecule has 2 saturated heterocycles. The van der Waals surface area contributed by atoms with Crippen LogP contribution in [0, 0.1) is 11.2 Å². The summed E-state index contributed by atoms with van der Waals surface area (Å²) >= 11 is 0. The molecule has 1 aliphatic carbocycles. The summed E-state index contributed by atoms with van der Waals surface area (Å²) in [6, 6.07) is 8.04. The summed E-state index contributed by atoms with van der Waals surface area (Å²) in [7, 11) is 0. The van der Waals surface area contributed by atoms with E-state index in [-0.39, 0.29) is 17.8 Å². The van der Waals surface area contributed by atoms with Gasteiger partial charge in [0.25, 0.3) is 0 Å². The van der Waals surface area contributed by atoms with Crippen LogP contribution in [0.3, 0.4) is 0 Å². The van der Waals surface area contributed by atoms with Crippen molar-refractivity contribution in [1.82, 2.24) is 9.97 Å². The minimum Gasteiger partial charge on any atom is -0.489 e. The summed E-state index contributed by atoms with van der Waals surface area (Å²) in [5, 5.41) is 0. The van der Waals surface area contributed by atoms with Gasteiger partial charge in [0.1, 0.15) is 17.6 Å². The van der Waals surface area contributed by atoms with Gasteiger partial charge in [-0.2, -0.15) is 4.98 Å². The molecule has 1 aromatic carbocycles. The number of halogens is 1. The lowest BCUT2D eigenvalue weighted by atomic mass is 9.94. The van der Waals surface area contributed by atoms with Gasteiger partial charge >= 0.3 is 0 Å². The molecule has 7 heteroatoms. The number of anilines is 2. The summed E-state index contributed by atoms with van der Waals surface area (Å²) in [4.78, 5) is 25.0. The molecule has 1 spiro atoms. The molecule has 5 rings (SSSR count). The van der Waals surface area contributed by atoms with Crippen molar-refractivity contribution in [2.75, 3.05) is 36.0 Å². The maximum Gasteiger partial charge on any atom is 0.227 e. The van der Waals surface area contributed by atoms with Gasteiger partial charge in [0.15, 0.2) is 11.6 Å². The zero-order valence-electron chi connectivity index (χ0n) is 20.3. The van der Waals surface area contributed by atoms with Gasteiger partial charge in [-0.05, 0) is 54.7 Å². The third kappa shape index (κ3) is 5.03. The Hall–Kier alpha value is -2.70. The van der Waals surface area contributed by atoms with Crippen LogP contribution in [0.5, 0.6) is 5.75 Å². The number of rotatable bonds is 9. The van der Waals surface area contributed by atoms with Crippen LogP contribution in [0.2, 0.25) is 0 Å². The summed E-state index contributed by atoms with van der Waals surface area (Å²) in [5.74, 6) is 1.98. The van der Waals surface area contributed by atoms with E-state index in [0.29, 0.717) is 48.9 Å². The number of carbonyl (C=O) groups is 1. The quantitative estimate of drug-likeness (QED) is 0.511. The predicted octanol–water partition coefficient (Wildman–Crippen LogP) is 5.13. The van der Waals surface area contributed by atoms with Crippen molar-refractivity contribution in [2.45, 2.75) is 70.8 Å². The molecule has 3 fully saturated rings. The molecular weight excluding hydrogens is 431 g/mol. The molecule has 0 radical (unpaired) electrons. The molecule has 3 aliphatic rings. The average molecular weight is 467 g/mol. The van der Waals surface area contributed by atoms with E-state index < -0.39 is 0 Å². The first kappa shape index (κ1) is 23.1. The lowest BCUT2D eigenvalue weighted by Crippen LogP contribution is -2.28. The number of nitrogens with zero attached hydrogens (tertiary/aromatic N) is 4. The maximum absolute atomic E-state index is 14.6. The Morgan fingerprint density at radius 2 is 2.00 bits per heavy atom. The molecule has 1 aromatic heterocycles. The second kappa shape index (κ2) is 9.51. The fraction of sp³-hybridized carbons (Fsp3) is 0.593. The average Bonchev–Trinajstić information content (AvgIpc) is 3.22. The first-order chi connectivity index (χ1) is 16.4. The number of ether oxygens (including phenoxy) is 1. The fourth-order valence-electron chi connectivity index (χ4n) is 5.34. The molecule has 0 amide bonds. The molecule has 2 aliphatic heterocycles. The van der Waals surface area contributed by atoms with Gasteiger partial charge in [0.2, 0.25) is 5.95 Å². The molecular formula is C27H35FN4O2. The highest BCUT2D eigenvalue weighted by Gasteiger charge is 2.48. The van der Waals surface area contributed by atoms with Gasteiger partial charge in [0, 0.05) is 38.9 Å². The van der Waals surface area contributed by atoms with Gasteiger partial charge < -0.3 is 14.5 Å². The molecule has 2 atom stereocenters. The highest BCUT2D eigenvalue weighted by molar-refractivity contribution is 5.79. The third-order valence-electron chi connectivity index (χ3n) is 7.65. The van der Waals surface area contributed by atoms with Gasteiger partial charge in [-0.25, -0.2) is 9.37 Å². The molecule has 182 valence electrons. The predicted molar refractivity (Wildman–Crippen MR) is 131 cm³/mol. The van der Waals surface area contributed by atoms with Crippen LogP contribution in [0.15, 0.2) is 30.5 Å². The van der Waals surface area contributed by atoms with Gasteiger partial charge in [-0.15, -0.1) is 0 Å². The van der Waals surface area contributed by atoms with Crippen molar-refractivity contribution in [3.05, 3.63) is 41.8 Å². The Labute approximate surface area is 201 Å². The van der Waals surface area contributed by atoms with Gasteiger partial charge in [-0.1, -0.05) is 26.0 Å². The van der Waals surface area contributed by atoms with E-state index in [4.69, 9.17) is 4.74 Å². The first-order valence-electron chi connectivity index (χ1n) is 12.8. The van der Waals surface area contributed by atoms with E-state index in [9.17, 15) is 9.18 Å². The number of hydrogen-bond donors (Lipinski definition) is 0. The minimum atomic E-state index is -0.374. The topological polar surface area (TPSA) is 58.6 Å². The summed E-state index contributed by atoms with van der Waals surface area (Å²) < 4.78 is 20.8. The molecule has 2 aromatic rings. The van der Waals surface area contributed by atoms with Crippen LogP contribution in [0.25, 0.3) is 0 Å². The highest BCUT2D eigenvalue weighted by atomic mass is 19.1. The van der Waals surface area contributed by atoms with Crippen molar-refractivity contribution >= 4 is 17.5 Å². The van der Waals surface area contributed by atoms with E-state index >= 15 is 0 Å². The zero-order valence-corrected chi connectivity index (χ0v) is 20.3. The van der Waals surface area contributed by atoms with E-state index in [0.717, 1.165) is 37.2 Å². The monoisotopic (exact) mass is 466 g/mol. The Morgan fingerprint density at radius 1 is 1.21 bits per heavy atom. The maximum atomic E-state index is 14.6. The Kier molecular flexibility index (Phi) is 6.45. The molecule has 0 bridgehead atoms. The van der Waals surface area contributed by atoms with Gasteiger partial charge in [-0.3, -0.25) is 4.79 Å². The van der Waals surface area contributed by atoms with Crippen molar-refractivity contribution in [2.24, 2.45) is 5.41 Å². The van der Waals surface area contributed by atoms with Crippen molar-refractivity contribution in [3.63, 3.8) is 0 Å². The molecule has 0 N–H and O–H groups in total. The normalized spacial score (nSPS) is 21.8. The Balaban J connectivity index is 1.18. The SMILES string of the molecule is CCCC(=O)C[C@@H](C)c1ccc(O[C@@H]2CCN(c3nc(N4CCC5(CC5)C4)ncc3F)C2)cc1. The van der Waals surface area contributed by atoms with Crippen LogP contribution in [0.4, 0.5) is 16.2 Å². The van der Waals surface area contributed by atoms with E-state index in [2.05, 4.69) is 21.8 Å². The number of carbonyl (C=O) groups excluding carboxylic acids is 1. The smallest absolute Gasteiger partial charge is 0.227 e.